The molecule has 1 aliphatic rings. The SMILES string of the molecule is CO[C@@H]1CN(Cc2ccccc2)C[C@H]1NCC(=O)OC(C)(C)C. The maximum absolute atomic E-state index is 11.8. The largest absolute Gasteiger partial charge is 0.459 e. The molecule has 5 heteroatoms. The number of benzene rings is 1. The molecule has 0 bridgehead atoms. The quantitative estimate of drug-likeness (QED) is 0.810. The van der Waals surface area contributed by atoms with Crippen LogP contribution in [0.5, 0.6) is 0 Å². The molecule has 1 fully saturated rings. The van der Waals surface area contributed by atoms with Gasteiger partial charge in [0.15, 0.2) is 0 Å². The van der Waals surface area contributed by atoms with Crippen molar-refractivity contribution in [2.24, 2.45) is 0 Å². The van der Waals surface area contributed by atoms with Gasteiger partial charge in [-0.05, 0) is 26.3 Å². The number of rotatable bonds is 6. The van der Waals surface area contributed by atoms with Crippen LogP contribution in [-0.2, 0) is 20.8 Å². The molecule has 0 aliphatic carbocycles. The molecule has 1 heterocycles. The number of carbonyl (C=O) groups is 1. The van der Waals surface area contributed by atoms with Gasteiger partial charge in [-0.25, -0.2) is 0 Å². The average Bonchev–Trinajstić information content (AvgIpc) is 2.86. The van der Waals surface area contributed by atoms with Crippen molar-refractivity contribution < 1.29 is 14.3 Å². The lowest BCUT2D eigenvalue weighted by atomic mass is 10.2. The molecule has 5 nitrogen and oxygen atoms in total. The second-order valence-electron chi connectivity index (χ2n) is 7.03. The summed E-state index contributed by atoms with van der Waals surface area (Å²) in [5.41, 5.74) is 0.837. The molecule has 0 unspecified atom stereocenters. The Morgan fingerprint density at radius 3 is 2.57 bits per heavy atom. The van der Waals surface area contributed by atoms with Crippen molar-refractivity contribution in [1.29, 1.82) is 0 Å². The molecule has 0 spiro atoms. The van der Waals surface area contributed by atoms with Gasteiger partial charge in [-0.1, -0.05) is 30.3 Å². The van der Waals surface area contributed by atoms with Gasteiger partial charge in [0.2, 0.25) is 0 Å². The minimum atomic E-state index is -0.450. The normalized spacial score (nSPS) is 22.3. The van der Waals surface area contributed by atoms with Gasteiger partial charge in [-0.3, -0.25) is 9.69 Å². The Hall–Kier alpha value is -1.43. The van der Waals surface area contributed by atoms with E-state index in [0.717, 1.165) is 19.6 Å². The zero-order valence-electron chi connectivity index (χ0n) is 14.5. The second kappa shape index (κ2) is 7.90. The summed E-state index contributed by atoms with van der Waals surface area (Å²) < 4.78 is 10.9. The minimum absolute atomic E-state index is 0.0844. The van der Waals surface area contributed by atoms with Crippen LogP contribution in [0, 0.1) is 0 Å². The molecule has 1 saturated heterocycles. The van der Waals surface area contributed by atoms with Gasteiger partial charge in [0, 0.05) is 32.8 Å². The van der Waals surface area contributed by atoms with Crippen LogP contribution in [-0.4, -0.2) is 55.4 Å². The summed E-state index contributed by atoms with van der Waals surface area (Å²) in [6.45, 7) is 8.44. The van der Waals surface area contributed by atoms with Crippen LogP contribution in [0.4, 0.5) is 0 Å². The van der Waals surface area contributed by atoms with Crippen molar-refractivity contribution in [3.05, 3.63) is 35.9 Å². The highest BCUT2D eigenvalue weighted by Crippen LogP contribution is 2.16. The zero-order chi connectivity index (χ0) is 16.9. The number of nitrogens with one attached hydrogen (secondary N) is 1. The van der Waals surface area contributed by atoms with Crippen LogP contribution in [0.2, 0.25) is 0 Å². The summed E-state index contributed by atoms with van der Waals surface area (Å²) in [4.78, 5) is 14.2. The van der Waals surface area contributed by atoms with Crippen molar-refractivity contribution >= 4 is 5.97 Å². The summed E-state index contributed by atoms with van der Waals surface area (Å²) in [6.07, 6.45) is 0.0844. The monoisotopic (exact) mass is 320 g/mol. The molecular weight excluding hydrogens is 292 g/mol. The molecule has 128 valence electrons. The van der Waals surface area contributed by atoms with Crippen LogP contribution in [0.15, 0.2) is 30.3 Å². The Kier molecular flexibility index (Phi) is 6.16. The highest BCUT2D eigenvalue weighted by molar-refractivity contribution is 5.72. The predicted octanol–water partition coefficient (Wildman–Crippen LogP) is 1.82. The van der Waals surface area contributed by atoms with E-state index in [9.17, 15) is 4.79 Å². The lowest BCUT2D eigenvalue weighted by Crippen LogP contribution is -2.44. The van der Waals surface area contributed by atoms with Crippen molar-refractivity contribution in [2.75, 3.05) is 26.7 Å². The maximum atomic E-state index is 11.8. The lowest BCUT2D eigenvalue weighted by molar-refractivity contribution is -0.153. The number of hydrogen-bond donors (Lipinski definition) is 1. The Morgan fingerprint density at radius 2 is 1.96 bits per heavy atom. The van der Waals surface area contributed by atoms with E-state index < -0.39 is 5.60 Å². The van der Waals surface area contributed by atoms with E-state index in [1.54, 1.807) is 7.11 Å². The highest BCUT2D eigenvalue weighted by Gasteiger charge is 2.33. The molecule has 0 saturated carbocycles. The van der Waals surface area contributed by atoms with Crippen LogP contribution in [0.3, 0.4) is 0 Å². The predicted molar refractivity (Wildman–Crippen MR) is 90.2 cm³/mol. The molecule has 2 atom stereocenters. The smallest absolute Gasteiger partial charge is 0.320 e. The fourth-order valence-corrected chi connectivity index (χ4v) is 2.85. The third kappa shape index (κ3) is 5.94. The van der Waals surface area contributed by atoms with Gasteiger partial charge in [0.25, 0.3) is 0 Å². The third-order valence-corrected chi connectivity index (χ3v) is 3.82. The molecule has 0 amide bonds. The number of esters is 1. The maximum Gasteiger partial charge on any atom is 0.320 e. The highest BCUT2D eigenvalue weighted by atomic mass is 16.6. The van der Waals surface area contributed by atoms with E-state index in [1.807, 2.05) is 26.8 Å². The lowest BCUT2D eigenvalue weighted by Gasteiger charge is -2.22. The van der Waals surface area contributed by atoms with Gasteiger partial charge in [-0.15, -0.1) is 0 Å². The number of nitrogens with zero attached hydrogens (tertiary/aromatic N) is 1. The second-order valence-corrected chi connectivity index (χ2v) is 7.03. The molecule has 1 aliphatic heterocycles. The number of hydrogen-bond acceptors (Lipinski definition) is 5. The van der Waals surface area contributed by atoms with Crippen LogP contribution < -0.4 is 5.32 Å². The van der Waals surface area contributed by atoms with E-state index in [-0.39, 0.29) is 24.7 Å². The first-order valence-electron chi connectivity index (χ1n) is 8.11. The fraction of sp³-hybridized carbons (Fsp3) is 0.611. The third-order valence-electron chi connectivity index (χ3n) is 3.82. The molecular formula is C18H28N2O3. The van der Waals surface area contributed by atoms with Crippen molar-refractivity contribution in [3.63, 3.8) is 0 Å². The Bertz CT molecular complexity index is 499. The van der Waals surface area contributed by atoms with Gasteiger partial charge in [0.05, 0.1) is 12.6 Å². The van der Waals surface area contributed by atoms with E-state index in [2.05, 4.69) is 34.5 Å². The van der Waals surface area contributed by atoms with Gasteiger partial charge >= 0.3 is 5.97 Å². The molecule has 1 aromatic carbocycles. The summed E-state index contributed by atoms with van der Waals surface area (Å²) in [5.74, 6) is -0.228. The van der Waals surface area contributed by atoms with Crippen molar-refractivity contribution in [3.8, 4) is 0 Å². The van der Waals surface area contributed by atoms with Crippen LogP contribution >= 0.6 is 0 Å². The number of carbonyl (C=O) groups excluding carboxylic acids is 1. The van der Waals surface area contributed by atoms with Crippen molar-refractivity contribution in [1.82, 2.24) is 10.2 Å². The first kappa shape index (κ1) is 17.9. The Balaban J connectivity index is 1.83. The molecule has 0 radical (unpaired) electrons. The van der Waals surface area contributed by atoms with E-state index in [0.29, 0.717) is 0 Å². The number of ether oxygens (including phenoxy) is 2. The van der Waals surface area contributed by atoms with Gasteiger partial charge in [0.1, 0.15) is 5.60 Å². The molecule has 2 rings (SSSR count). The Labute approximate surface area is 139 Å². The molecule has 0 aromatic heterocycles. The fourth-order valence-electron chi connectivity index (χ4n) is 2.85. The van der Waals surface area contributed by atoms with Crippen molar-refractivity contribution in [2.45, 2.75) is 45.1 Å². The number of methoxy groups -OCH3 is 1. The Morgan fingerprint density at radius 1 is 1.26 bits per heavy atom. The van der Waals surface area contributed by atoms with Crippen LogP contribution in [0.1, 0.15) is 26.3 Å². The van der Waals surface area contributed by atoms with Crippen LogP contribution in [0.25, 0.3) is 0 Å². The average molecular weight is 320 g/mol. The van der Waals surface area contributed by atoms with E-state index >= 15 is 0 Å². The molecule has 1 aromatic rings. The first-order valence-corrected chi connectivity index (χ1v) is 8.11. The van der Waals surface area contributed by atoms with E-state index in [1.165, 1.54) is 5.56 Å². The minimum Gasteiger partial charge on any atom is -0.459 e. The topological polar surface area (TPSA) is 50.8 Å². The summed E-state index contributed by atoms with van der Waals surface area (Å²) in [6, 6.07) is 10.5. The number of likely N-dealkylation sites (tertiary alicyclic amines) is 1. The standard InChI is InChI=1S/C18H28N2O3/c1-18(2,3)23-17(21)10-19-15-12-20(13-16(15)22-4)11-14-8-6-5-7-9-14/h5-9,15-16,19H,10-13H2,1-4H3/t15-,16-/m1/s1. The molecule has 23 heavy (non-hydrogen) atoms. The summed E-state index contributed by atoms with van der Waals surface area (Å²) >= 11 is 0. The summed E-state index contributed by atoms with van der Waals surface area (Å²) in [5, 5.41) is 3.28. The van der Waals surface area contributed by atoms with Gasteiger partial charge < -0.3 is 14.8 Å². The zero-order valence-corrected chi connectivity index (χ0v) is 14.5. The summed E-state index contributed by atoms with van der Waals surface area (Å²) in [7, 11) is 1.72. The molecule has 1 N–H and O–H groups in total. The van der Waals surface area contributed by atoms with Gasteiger partial charge in [-0.2, -0.15) is 0 Å². The van der Waals surface area contributed by atoms with E-state index in [4.69, 9.17) is 9.47 Å². The first-order chi connectivity index (χ1) is 10.9.